The van der Waals surface area contributed by atoms with E-state index in [1.54, 1.807) is 0 Å². The number of carboxylic acids is 1. The second-order valence-corrected chi connectivity index (χ2v) is 5.03. The van der Waals surface area contributed by atoms with Gasteiger partial charge in [0.15, 0.2) is 11.7 Å². The topological polar surface area (TPSA) is 162 Å². The minimum Gasteiger partial charge on any atom is -0.479 e. The van der Waals surface area contributed by atoms with Crippen molar-refractivity contribution in [1.82, 2.24) is 4.98 Å². The molecule has 1 saturated heterocycles. The first-order valence-electron chi connectivity index (χ1n) is 6.59. The molecule has 1 aliphatic heterocycles. The van der Waals surface area contributed by atoms with Crippen LogP contribution in [-0.2, 0) is 9.53 Å². The van der Waals surface area contributed by atoms with Crippen molar-refractivity contribution in [3.8, 4) is 5.75 Å². The highest BCUT2D eigenvalue weighted by Crippen LogP contribution is 2.26. The van der Waals surface area contributed by atoms with Gasteiger partial charge in [-0.2, -0.15) is 0 Å². The molecular weight excluding hydrogens is 314 g/mol. The lowest BCUT2D eigenvalue weighted by Gasteiger charge is -2.38. The summed E-state index contributed by atoms with van der Waals surface area (Å²) >= 11 is 0. The fourth-order valence-electron chi connectivity index (χ4n) is 2.28. The van der Waals surface area contributed by atoms with E-state index in [9.17, 15) is 24.9 Å². The summed E-state index contributed by atoms with van der Waals surface area (Å²) in [7, 11) is 0. The number of benzene rings is 1. The third-order valence-corrected chi connectivity index (χ3v) is 3.46. The molecule has 0 spiro atoms. The molecule has 2 aromatic rings. The molecule has 0 aliphatic carbocycles. The van der Waals surface area contributed by atoms with Gasteiger partial charge >= 0.3 is 11.7 Å². The van der Waals surface area contributed by atoms with Gasteiger partial charge in [0.25, 0.3) is 0 Å². The van der Waals surface area contributed by atoms with Crippen LogP contribution in [-0.4, -0.2) is 62.1 Å². The predicted molar refractivity (Wildman–Crippen MR) is 71.8 cm³/mol. The van der Waals surface area contributed by atoms with Gasteiger partial charge in [0.1, 0.15) is 24.1 Å². The molecule has 5 unspecified atom stereocenters. The summed E-state index contributed by atoms with van der Waals surface area (Å²) in [6.07, 6.45) is -8.52. The highest BCUT2D eigenvalue weighted by molar-refractivity contribution is 5.74. The zero-order chi connectivity index (χ0) is 16.7. The first kappa shape index (κ1) is 15.5. The first-order valence-corrected chi connectivity index (χ1v) is 6.59. The number of ether oxygens (including phenoxy) is 2. The number of aromatic nitrogens is 1. The van der Waals surface area contributed by atoms with Gasteiger partial charge in [0.05, 0.1) is 5.52 Å². The van der Waals surface area contributed by atoms with Crippen LogP contribution in [0, 0.1) is 0 Å². The minimum absolute atomic E-state index is 0.108. The molecule has 10 nitrogen and oxygen atoms in total. The van der Waals surface area contributed by atoms with Gasteiger partial charge in [-0.3, -0.25) is 4.98 Å². The summed E-state index contributed by atoms with van der Waals surface area (Å²) in [5.74, 6) is -2.06. The fraction of sp³-hybridized carbons (Fsp3) is 0.385. The lowest BCUT2D eigenvalue weighted by atomic mass is 9.99. The van der Waals surface area contributed by atoms with Gasteiger partial charge in [0, 0.05) is 6.07 Å². The van der Waals surface area contributed by atoms with Crippen molar-refractivity contribution in [2.75, 3.05) is 0 Å². The number of hydrogen-bond acceptors (Lipinski definition) is 8. The van der Waals surface area contributed by atoms with Crippen molar-refractivity contribution >= 4 is 17.1 Å². The third-order valence-electron chi connectivity index (χ3n) is 3.46. The van der Waals surface area contributed by atoms with E-state index in [1.807, 2.05) is 0 Å². The van der Waals surface area contributed by atoms with Crippen molar-refractivity contribution in [2.45, 2.75) is 30.7 Å². The maximum atomic E-state index is 11.1. The number of H-pyrrole nitrogens is 1. The van der Waals surface area contributed by atoms with Crippen LogP contribution >= 0.6 is 0 Å². The average molecular weight is 327 g/mol. The van der Waals surface area contributed by atoms with Crippen LogP contribution in [0.5, 0.6) is 5.75 Å². The smallest absolute Gasteiger partial charge is 0.417 e. The lowest BCUT2D eigenvalue weighted by Crippen LogP contribution is -2.61. The summed E-state index contributed by atoms with van der Waals surface area (Å²) in [5, 5.41) is 38.1. The Hall–Kier alpha value is -2.40. The molecule has 5 atom stereocenters. The number of carboxylic acid groups (broad SMARTS) is 1. The molecule has 10 heteroatoms. The van der Waals surface area contributed by atoms with Gasteiger partial charge in [-0.25, -0.2) is 9.59 Å². The van der Waals surface area contributed by atoms with E-state index < -0.39 is 42.4 Å². The minimum atomic E-state index is -1.80. The number of rotatable bonds is 3. The van der Waals surface area contributed by atoms with Crippen LogP contribution in [0.2, 0.25) is 0 Å². The van der Waals surface area contributed by atoms with Gasteiger partial charge in [-0.15, -0.1) is 0 Å². The number of fused-ring (bicyclic) bond motifs is 1. The molecule has 0 radical (unpaired) electrons. The summed E-state index contributed by atoms with van der Waals surface area (Å²) in [6.45, 7) is 0. The molecule has 0 amide bonds. The largest absolute Gasteiger partial charge is 0.479 e. The van der Waals surface area contributed by atoms with Crippen molar-refractivity contribution < 1.29 is 39.1 Å². The zero-order valence-corrected chi connectivity index (χ0v) is 11.4. The number of aromatic amines is 1. The number of nitrogens with one attached hydrogen (secondary N) is 1. The van der Waals surface area contributed by atoms with Crippen LogP contribution in [0.3, 0.4) is 0 Å². The Bertz CT molecular complexity index is 781. The SMILES string of the molecule is O=C(O)C1OC(Oc2ccc3[nH]c(=O)oc3c2)C(O)C(O)C1O. The van der Waals surface area contributed by atoms with Crippen LogP contribution in [0.25, 0.3) is 11.1 Å². The van der Waals surface area contributed by atoms with E-state index in [4.69, 9.17) is 19.0 Å². The van der Waals surface area contributed by atoms with Crippen LogP contribution < -0.4 is 10.5 Å². The molecule has 23 heavy (non-hydrogen) atoms. The Balaban J connectivity index is 1.84. The molecule has 1 aromatic heterocycles. The summed E-state index contributed by atoms with van der Waals surface area (Å²) in [4.78, 5) is 24.5. The normalized spacial score (nSPS) is 31.2. The Morgan fingerprint density at radius 2 is 1.91 bits per heavy atom. The summed E-state index contributed by atoms with van der Waals surface area (Å²) in [6, 6.07) is 4.23. The second-order valence-electron chi connectivity index (χ2n) is 5.03. The maximum Gasteiger partial charge on any atom is 0.417 e. The van der Waals surface area contributed by atoms with Gasteiger partial charge < -0.3 is 34.3 Å². The number of hydrogen-bond donors (Lipinski definition) is 5. The molecule has 1 aliphatic rings. The van der Waals surface area contributed by atoms with E-state index in [2.05, 4.69) is 4.98 Å². The maximum absolute atomic E-state index is 11.1. The van der Waals surface area contributed by atoms with Crippen molar-refractivity contribution in [3.05, 3.63) is 28.7 Å². The van der Waals surface area contributed by atoms with Crippen LogP contribution in [0.15, 0.2) is 27.4 Å². The van der Waals surface area contributed by atoms with Crippen molar-refractivity contribution in [1.29, 1.82) is 0 Å². The Labute approximate surface area is 127 Å². The summed E-state index contributed by atoms with van der Waals surface area (Å²) < 4.78 is 15.1. The lowest BCUT2D eigenvalue weighted by molar-refractivity contribution is -0.271. The Kier molecular flexibility index (Phi) is 3.82. The van der Waals surface area contributed by atoms with E-state index in [1.165, 1.54) is 18.2 Å². The van der Waals surface area contributed by atoms with Crippen LogP contribution in [0.1, 0.15) is 0 Å². The highest BCUT2D eigenvalue weighted by atomic mass is 16.7. The first-order chi connectivity index (χ1) is 10.9. The Morgan fingerprint density at radius 3 is 2.61 bits per heavy atom. The van der Waals surface area contributed by atoms with Gasteiger partial charge in [-0.1, -0.05) is 0 Å². The van der Waals surface area contributed by atoms with Crippen molar-refractivity contribution in [2.24, 2.45) is 0 Å². The number of aliphatic hydroxyl groups is 3. The average Bonchev–Trinajstić information content (AvgIpc) is 2.86. The number of carbonyl (C=O) groups is 1. The molecule has 0 bridgehead atoms. The monoisotopic (exact) mass is 327 g/mol. The molecule has 0 saturated carbocycles. The van der Waals surface area contributed by atoms with E-state index in [0.29, 0.717) is 5.52 Å². The van der Waals surface area contributed by atoms with E-state index in [-0.39, 0.29) is 11.3 Å². The second kappa shape index (κ2) is 5.66. The molecule has 3 rings (SSSR count). The quantitative estimate of drug-likeness (QED) is 0.446. The fourth-order valence-corrected chi connectivity index (χ4v) is 2.28. The number of oxazole rings is 1. The predicted octanol–water partition coefficient (Wildman–Crippen LogP) is -1.61. The Morgan fingerprint density at radius 1 is 1.17 bits per heavy atom. The molecule has 1 aromatic carbocycles. The standard InChI is InChI=1S/C13H13NO9/c15-7-8(16)10(11(18)19)23-12(9(7)17)21-4-1-2-5-6(3-4)22-13(20)14-5/h1-3,7-10,12,15-17H,(H,14,20)(H,18,19). The number of aliphatic carboxylic acids is 1. The van der Waals surface area contributed by atoms with E-state index in [0.717, 1.165) is 0 Å². The third kappa shape index (κ3) is 2.80. The summed E-state index contributed by atoms with van der Waals surface area (Å²) in [5.41, 5.74) is 0.611. The number of aliphatic hydroxyl groups excluding tert-OH is 3. The molecule has 1 fully saturated rings. The molecular formula is C13H13NO9. The highest BCUT2D eigenvalue weighted by Gasteiger charge is 2.48. The molecule has 5 N–H and O–H groups in total. The molecule has 124 valence electrons. The van der Waals surface area contributed by atoms with E-state index >= 15 is 0 Å². The van der Waals surface area contributed by atoms with Gasteiger partial charge in [0.2, 0.25) is 6.29 Å². The molecule has 2 heterocycles. The van der Waals surface area contributed by atoms with Gasteiger partial charge in [-0.05, 0) is 12.1 Å². The zero-order valence-electron chi connectivity index (χ0n) is 11.4. The van der Waals surface area contributed by atoms with Crippen LogP contribution in [0.4, 0.5) is 0 Å². The van der Waals surface area contributed by atoms with Crippen molar-refractivity contribution in [3.63, 3.8) is 0 Å².